The van der Waals surface area contributed by atoms with Crippen molar-refractivity contribution in [2.75, 3.05) is 5.32 Å². The van der Waals surface area contributed by atoms with Crippen molar-refractivity contribution >= 4 is 11.6 Å². The van der Waals surface area contributed by atoms with Gasteiger partial charge >= 0.3 is 0 Å². The molecule has 1 atom stereocenters. The molecule has 0 bridgehead atoms. The zero-order chi connectivity index (χ0) is 13.0. The lowest BCUT2D eigenvalue weighted by atomic mass is 9.79. The predicted octanol–water partition coefficient (Wildman–Crippen LogP) is 2.21. The lowest BCUT2D eigenvalue weighted by Gasteiger charge is -2.29. The van der Waals surface area contributed by atoms with Gasteiger partial charge in [0.2, 0.25) is 5.91 Å². The summed E-state index contributed by atoms with van der Waals surface area (Å²) in [6.07, 6.45) is 6.69. The molecule has 1 fully saturated rings. The van der Waals surface area contributed by atoms with Gasteiger partial charge in [-0.15, -0.1) is 0 Å². The van der Waals surface area contributed by atoms with Crippen molar-refractivity contribution in [3.8, 4) is 0 Å². The van der Waals surface area contributed by atoms with Crippen LogP contribution in [0.25, 0.3) is 0 Å². The van der Waals surface area contributed by atoms with E-state index in [0.717, 1.165) is 31.4 Å². The highest BCUT2D eigenvalue weighted by atomic mass is 16.3. The van der Waals surface area contributed by atoms with Gasteiger partial charge in [-0.1, -0.05) is 0 Å². The first-order valence-electron chi connectivity index (χ1n) is 6.56. The van der Waals surface area contributed by atoms with E-state index in [4.69, 9.17) is 0 Å². The van der Waals surface area contributed by atoms with Crippen molar-refractivity contribution in [1.29, 1.82) is 0 Å². The molecule has 1 amide bonds. The predicted molar refractivity (Wildman–Crippen MR) is 70.0 cm³/mol. The van der Waals surface area contributed by atoms with Crippen LogP contribution in [0.4, 0.5) is 5.69 Å². The molecular formula is C14H20N2O2. The van der Waals surface area contributed by atoms with Crippen molar-refractivity contribution in [1.82, 2.24) is 4.98 Å². The molecule has 0 aliphatic heterocycles. The van der Waals surface area contributed by atoms with E-state index in [0.29, 0.717) is 5.92 Å². The third kappa shape index (κ3) is 3.29. The Morgan fingerprint density at radius 2 is 1.94 bits per heavy atom. The third-order valence-corrected chi connectivity index (χ3v) is 3.77. The van der Waals surface area contributed by atoms with Crippen LogP contribution in [0.2, 0.25) is 0 Å². The van der Waals surface area contributed by atoms with Gasteiger partial charge in [-0.25, -0.2) is 0 Å². The first kappa shape index (κ1) is 13.0. The molecule has 2 N–H and O–H groups in total. The number of hydrogen-bond acceptors (Lipinski definition) is 3. The smallest absolute Gasteiger partial charge is 0.227 e. The van der Waals surface area contributed by atoms with E-state index in [9.17, 15) is 9.90 Å². The number of rotatable bonds is 3. The van der Waals surface area contributed by atoms with Crippen molar-refractivity contribution in [3.05, 3.63) is 24.5 Å². The van der Waals surface area contributed by atoms with E-state index in [-0.39, 0.29) is 17.9 Å². The van der Waals surface area contributed by atoms with Crippen LogP contribution in [0, 0.1) is 11.8 Å². The molecule has 0 aromatic carbocycles. The summed E-state index contributed by atoms with van der Waals surface area (Å²) in [4.78, 5) is 16.0. The molecular weight excluding hydrogens is 228 g/mol. The summed E-state index contributed by atoms with van der Waals surface area (Å²) >= 11 is 0. The van der Waals surface area contributed by atoms with E-state index < -0.39 is 0 Å². The van der Waals surface area contributed by atoms with E-state index in [1.807, 2.05) is 6.92 Å². The zero-order valence-electron chi connectivity index (χ0n) is 10.7. The van der Waals surface area contributed by atoms with Crippen molar-refractivity contribution in [3.63, 3.8) is 0 Å². The molecule has 0 radical (unpaired) electrons. The number of carbonyl (C=O) groups excluding carboxylic acids is 1. The number of carbonyl (C=O) groups is 1. The number of aliphatic hydroxyl groups excluding tert-OH is 1. The average molecular weight is 248 g/mol. The number of aromatic nitrogens is 1. The van der Waals surface area contributed by atoms with E-state index in [1.54, 1.807) is 24.5 Å². The fourth-order valence-electron chi connectivity index (χ4n) is 2.54. The van der Waals surface area contributed by atoms with E-state index in [1.165, 1.54) is 0 Å². The summed E-state index contributed by atoms with van der Waals surface area (Å²) in [6, 6.07) is 3.58. The minimum atomic E-state index is -0.255. The molecule has 1 aromatic rings. The number of aliphatic hydroxyl groups is 1. The molecule has 4 nitrogen and oxygen atoms in total. The van der Waals surface area contributed by atoms with Gasteiger partial charge in [0.05, 0.1) is 6.10 Å². The van der Waals surface area contributed by atoms with Crippen molar-refractivity contribution in [2.45, 2.75) is 38.7 Å². The van der Waals surface area contributed by atoms with Gasteiger partial charge in [0.1, 0.15) is 0 Å². The van der Waals surface area contributed by atoms with Crippen LogP contribution in [0.15, 0.2) is 24.5 Å². The second-order valence-corrected chi connectivity index (χ2v) is 5.08. The second kappa shape index (κ2) is 5.96. The quantitative estimate of drug-likeness (QED) is 0.862. The fraction of sp³-hybridized carbons (Fsp3) is 0.571. The summed E-state index contributed by atoms with van der Waals surface area (Å²) in [7, 11) is 0. The molecule has 1 aliphatic rings. The van der Waals surface area contributed by atoms with Gasteiger partial charge < -0.3 is 10.4 Å². The SMILES string of the molecule is C[C@@H](O)C1CCC(C(=O)Nc2ccncc2)CC1. The standard InChI is InChI=1S/C14H20N2O2/c1-10(17)11-2-4-12(5-3-11)14(18)16-13-6-8-15-9-7-13/h6-12,17H,2-5H2,1H3,(H,15,16,18)/t10-,11?,12?/m1/s1. The normalized spacial score (nSPS) is 25.4. The summed E-state index contributed by atoms with van der Waals surface area (Å²) in [5, 5.41) is 12.4. The number of hydrogen-bond donors (Lipinski definition) is 2. The van der Waals surface area contributed by atoms with Crippen molar-refractivity contribution in [2.24, 2.45) is 11.8 Å². The highest BCUT2D eigenvalue weighted by Gasteiger charge is 2.28. The van der Waals surface area contributed by atoms with Crippen LogP contribution in [0.1, 0.15) is 32.6 Å². The molecule has 1 aliphatic carbocycles. The Morgan fingerprint density at radius 1 is 1.33 bits per heavy atom. The summed E-state index contributed by atoms with van der Waals surface area (Å²) in [5.74, 6) is 0.522. The number of anilines is 1. The van der Waals surface area contributed by atoms with E-state index >= 15 is 0 Å². The number of pyridine rings is 1. The maximum Gasteiger partial charge on any atom is 0.227 e. The summed E-state index contributed by atoms with van der Waals surface area (Å²) in [6.45, 7) is 1.84. The van der Waals surface area contributed by atoms with Crippen LogP contribution in [-0.4, -0.2) is 22.1 Å². The Morgan fingerprint density at radius 3 is 2.50 bits per heavy atom. The van der Waals surface area contributed by atoms with Crippen LogP contribution in [0.5, 0.6) is 0 Å². The largest absolute Gasteiger partial charge is 0.393 e. The minimum Gasteiger partial charge on any atom is -0.393 e. The Hall–Kier alpha value is -1.42. The van der Waals surface area contributed by atoms with Gasteiger partial charge in [0.15, 0.2) is 0 Å². The highest BCUT2D eigenvalue weighted by molar-refractivity contribution is 5.92. The maximum absolute atomic E-state index is 12.1. The second-order valence-electron chi connectivity index (χ2n) is 5.08. The number of amides is 1. The first-order chi connectivity index (χ1) is 8.66. The molecule has 2 rings (SSSR count). The van der Waals surface area contributed by atoms with Gasteiger partial charge in [-0.3, -0.25) is 9.78 Å². The Labute approximate surface area is 107 Å². The molecule has 18 heavy (non-hydrogen) atoms. The maximum atomic E-state index is 12.1. The summed E-state index contributed by atoms with van der Waals surface area (Å²) in [5.41, 5.74) is 0.799. The summed E-state index contributed by atoms with van der Waals surface area (Å²) < 4.78 is 0. The Balaban J connectivity index is 1.85. The van der Waals surface area contributed by atoms with Crippen molar-refractivity contribution < 1.29 is 9.90 Å². The van der Waals surface area contributed by atoms with Crippen LogP contribution in [0.3, 0.4) is 0 Å². The molecule has 1 heterocycles. The highest BCUT2D eigenvalue weighted by Crippen LogP contribution is 2.31. The fourth-order valence-corrected chi connectivity index (χ4v) is 2.54. The van der Waals surface area contributed by atoms with Crippen LogP contribution < -0.4 is 5.32 Å². The average Bonchev–Trinajstić information content (AvgIpc) is 2.40. The molecule has 0 unspecified atom stereocenters. The Kier molecular flexibility index (Phi) is 4.31. The molecule has 98 valence electrons. The lowest BCUT2D eigenvalue weighted by molar-refractivity contribution is -0.121. The monoisotopic (exact) mass is 248 g/mol. The van der Waals surface area contributed by atoms with Crippen LogP contribution in [-0.2, 0) is 4.79 Å². The number of nitrogens with zero attached hydrogens (tertiary/aromatic N) is 1. The van der Waals surface area contributed by atoms with Crippen LogP contribution >= 0.6 is 0 Å². The van der Waals surface area contributed by atoms with Gasteiger partial charge in [0.25, 0.3) is 0 Å². The zero-order valence-corrected chi connectivity index (χ0v) is 10.7. The Bertz CT molecular complexity index is 384. The van der Waals surface area contributed by atoms with Gasteiger partial charge in [-0.05, 0) is 50.7 Å². The molecule has 4 heteroatoms. The minimum absolute atomic E-state index is 0.0770. The molecule has 0 saturated heterocycles. The molecule has 1 saturated carbocycles. The van der Waals surface area contributed by atoms with Gasteiger partial charge in [-0.2, -0.15) is 0 Å². The van der Waals surface area contributed by atoms with E-state index in [2.05, 4.69) is 10.3 Å². The first-order valence-corrected chi connectivity index (χ1v) is 6.56. The lowest BCUT2D eigenvalue weighted by Crippen LogP contribution is -2.30. The topological polar surface area (TPSA) is 62.2 Å². The molecule has 1 aromatic heterocycles. The molecule has 0 spiro atoms. The third-order valence-electron chi connectivity index (χ3n) is 3.77. The van der Waals surface area contributed by atoms with Gasteiger partial charge in [0, 0.05) is 24.0 Å². The number of nitrogens with one attached hydrogen (secondary N) is 1.